The summed E-state index contributed by atoms with van der Waals surface area (Å²) in [5.74, 6) is 0. The van der Waals surface area contributed by atoms with Crippen molar-refractivity contribution in [3.63, 3.8) is 0 Å². The van der Waals surface area contributed by atoms with E-state index < -0.39 is 0 Å². The van der Waals surface area contributed by atoms with Crippen LogP contribution in [0.5, 0.6) is 0 Å². The maximum Gasteiger partial charge on any atom is 0.111 e. The molecule has 0 aromatic heterocycles. The minimum absolute atomic E-state index is 0.595. The van der Waals surface area contributed by atoms with Gasteiger partial charge in [-0.1, -0.05) is 13.5 Å². The second kappa shape index (κ2) is 7.50. The van der Waals surface area contributed by atoms with Gasteiger partial charge >= 0.3 is 0 Å². The highest BCUT2D eigenvalue weighted by molar-refractivity contribution is 4.52. The first kappa shape index (κ1) is 8.50. The molecule has 0 aliphatic rings. The molecule has 53 valence electrons. The fourth-order valence-electron chi connectivity index (χ4n) is 0.392. The average Bonchev–Trinajstić information content (AvgIpc) is 1.89. The standard InChI is InChI=1S/C7H13O2/c1-3-5-9-7-6-8-4-2/h3-4H,2,5-7H2,1H3. The van der Waals surface area contributed by atoms with Crippen molar-refractivity contribution in [3.8, 4) is 0 Å². The van der Waals surface area contributed by atoms with E-state index in [1.165, 1.54) is 6.26 Å². The fraction of sp³-hybridized carbons (Fsp3) is 0.571. The van der Waals surface area contributed by atoms with Gasteiger partial charge in [-0.25, -0.2) is 0 Å². The van der Waals surface area contributed by atoms with Crippen molar-refractivity contribution < 1.29 is 9.47 Å². The molecule has 0 aliphatic heterocycles. The highest BCUT2D eigenvalue weighted by atomic mass is 16.5. The first-order valence-electron chi connectivity index (χ1n) is 3.00. The molecule has 0 saturated carbocycles. The van der Waals surface area contributed by atoms with E-state index >= 15 is 0 Å². The normalized spacial score (nSPS) is 9.00. The Balaban J connectivity index is 2.66. The number of hydrogen-bond acceptors (Lipinski definition) is 2. The first-order chi connectivity index (χ1) is 4.41. The Bertz CT molecular complexity index is 61.9. The van der Waals surface area contributed by atoms with Crippen LogP contribution in [0.1, 0.15) is 6.92 Å². The van der Waals surface area contributed by atoms with Crippen molar-refractivity contribution in [1.82, 2.24) is 0 Å². The molecular weight excluding hydrogens is 116 g/mol. The fourth-order valence-corrected chi connectivity index (χ4v) is 0.392. The van der Waals surface area contributed by atoms with Crippen LogP contribution < -0.4 is 0 Å². The van der Waals surface area contributed by atoms with Crippen molar-refractivity contribution in [2.75, 3.05) is 19.8 Å². The molecule has 1 radical (unpaired) electrons. The molecule has 9 heavy (non-hydrogen) atoms. The summed E-state index contributed by atoms with van der Waals surface area (Å²) in [6.07, 6.45) is 3.37. The summed E-state index contributed by atoms with van der Waals surface area (Å²) in [6, 6.07) is 0. The lowest BCUT2D eigenvalue weighted by Crippen LogP contribution is -2.01. The third-order valence-electron chi connectivity index (χ3n) is 0.748. The van der Waals surface area contributed by atoms with Crippen LogP contribution in [0.15, 0.2) is 12.8 Å². The van der Waals surface area contributed by atoms with Crippen LogP contribution in [0.2, 0.25) is 0 Å². The lowest BCUT2D eigenvalue weighted by atomic mass is 10.5. The van der Waals surface area contributed by atoms with Gasteiger partial charge in [-0.05, 0) is 6.42 Å². The van der Waals surface area contributed by atoms with Gasteiger partial charge in [0.1, 0.15) is 6.61 Å². The third-order valence-corrected chi connectivity index (χ3v) is 0.748. The van der Waals surface area contributed by atoms with Gasteiger partial charge in [-0.3, -0.25) is 0 Å². The molecule has 0 spiro atoms. The lowest BCUT2D eigenvalue weighted by Gasteiger charge is -2.00. The zero-order valence-electron chi connectivity index (χ0n) is 5.80. The van der Waals surface area contributed by atoms with Gasteiger partial charge in [0.05, 0.1) is 12.9 Å². The van der Waals surface area contributed by atoms with E-state index in [-0.39, 0.29) is 0 Å². The zero-order valence-corrected chi connectivity index (χ0v) is 5.80. The van der Waals surface area contributed by atoms with Gasteiger partial charge < -0.3 is 9.47 Å². The van der Waals surface area contributed by atoms with E-state index in [1.807, 2.05) is 13.3 Å². The molecular formula is C7H13O2. The van der Waals surface area contributed by atoms with Crippen molar-refractivity contribution in [2.24, 2.45) is 0 Å². The van der Waals surface area contributed by atoms with Gasteiger partial charge in [0.15, 0.2) is 0 Å². The number of ether oxygens (including phenoxy) is 2. The minimum atomic E-state index is 0.595. The van der Waals surface area contributed by atoms with Gasteiger partial charge in [0.2, 0.25) is 0 Å². The molecule has 0 heterocycles. The monoisotopic (exact) mass is 129 g/mol. The molecule has 0 bridgehead atoms. The summed E-state index contributed by atoms with van der Waals surface area (Å²) >= 11 is 0. The van der Waals surface area contributed by atoms with Gasteiger partial charge in [-0.15, -0.1) is 0 Å². The quantitative estimate of drug-likeness (QED) is 0.398. The molecule has 0 saturated heterocycles. The van der Waals surface area contributed by atoms with Gasteiger partial charge in [0, 0.05) is 6.61 Å². The Kier molecular flexibility index (Phi) is 7.08. The van der Waals surface area contributed by atoms with E-state index in [0.29, 0.717) is 19.8 Å². The van der Waals surface area contributed by atoms with Crippen molar-refractivity contribution >= 4 is 0 Å². The predicted molar refractivity (Wildman–Crippen MR) is 36.9 cm³/mol. The summed E-state index contributed by atoms with van der Waals surface area (Å²) in [5, 5.41) is 0. The molecule has 2 heteroatoms. The third kappa shape index (κ3) is 7.50. The van der Waals surface area contributed by atoms with Crippen LogP contribution in [-0.4, -0.2) is 19.8 Å². The second-order valence-electron chi connectivity index (χ2n) is 1.52. The van der Waals surface area contributed by atoms with Crippen LogP contribution in [0.25, 0.3) is 0 Å². The molecule has 0 atom stereocenters. The average molecular weight is 129 g/mol. The van der Waals surface area contributed by atoms with E-state index in [9.17, 15) is 0 Å². The van der Waals surface area contributed by atoms with Crippen LogP contribution in [0.4, 0.5) is 0 Å². The molecule has 0 fully saturated rings. The Morgan fingerprint density at radius 1 is 1.44 bits per heavy atom. The van der Waals surface area contributed by atoms with E-state index in [2.05, 4.69) is 6.58 Å². The second-order valence-corrected chi connectivity index (χ2v) is 1.52. The molecule has 0 aliphatic carbocycles. The Labute approximate surface area is 56.5 Å². The molecule has 0 rings (SSSR count). The van der Waals surface area contributed by atoms with Crippen molar-refractivity contribution in [1.29, 1.82) is 0 Å². The summed E-state index contributed by atoms with van der Waals surface area (Å²) in [5.41, 5.74) is 0. The van der Waals surface area contributed by atoms with E-state index in [4.69, 9.17) is 9.47 Å². The number of hydrogen-bond donors (Lipinski definition) is 0. The van der Waals surface area contributed by atoms with Gasteiger partial charge in [-0.2, -0.15) is 0 Å². The van der Waals surface area contributed by atoms with Crippen LogP contribution >= 0.6 is 0 Å². The predicted octanol–water partition coefficient (Wildman–Crippen LogP) is 1.39. The SMILES string of the molecule is C=COCCOC[CH]C. The van der Waals surface area contributed by atoms with Crippen LogP contribution in [0.3, 0.4) is 0 Å². The van der Waals surface area contributed by atoms with Crippen LogP contribution in [-0.2, 0) is 9.47 Å². The van der Waals surface area contributed by atoms with E-state index in [1.54, 1.807) is 0 Å². The summed E-state index contributed by atoms with van der Waals surface area (Å²) in [7, 11) is 0. The molecule has 0 amide bonds. The maximum atomic E-state index is 5.06. The Morgan fingerprint density at radius 2 is 2.22 bits per heavy atom. The highest BCUT2D eigenvalue weighted by Gasteiger charge is 1.83. The van der Waals surface area contributed by atoms with Crippen LogP contribution in [0, 0.1) is 6.42 Å². The largest absolute Gasteiger partial charge is 0.499 e. The minimum Gasteiger partial charge on any atom is -0.499 e. The zero-order chi connectivity index (χ0) is 6.95. The molecule has 0 unspecified atom stereocenters. The topological polar surface area (TPSA) is 18.5 Å². The lowest BCUT2D eigenvalue weighted by molar-refractivity contribution is 0.0978. The molecule has 0 aromatic carbocycles. The summed E-state index contributed by atoms with van der Waals surface area (Å²) in [6.45, 7) is 7.27. The summed E-state index contributed by atoms with van der Waals surface area (Å²) < 4.78 is 9.86. The van der Waals surface area contributed by atoms with E-state index in [0.717, 1.165) is 0 Å². The molecule has 2 nitrogen and oxygen atoms in total. The Morgan fingerprint density at radius 3 is 2.78 bits per heavy atom. The highest BCUT2D eigenvalue weighted by Crippen LogP contribution is 1.79. The van der Waals surface area contributed by atoms with Crippen molar-refractivity contribution in [3.05, 3.63) is 19.3 Å². The maximum absolute atomic E-state index is 5.06. The first-order valence-corrected chi connectivity index (χ1v) is 3.00. The Hall–Kier alpha value is -0.500. The van der Waals surface area contributed by atoms with Crippen molar-refractivity contribution in [2.45, 2.75) is 6.92 Å². The number of rotatable bonds is 6. The summed E-state index contributed by atoms with van der Waals surface area (Å²) in [4.78, 5) is 0. The smallest absolute Gasteiger partial charge is 0.111 e. The molecule has 0 N–H and O–H groups in total. The van der Waals surface area contributed by atoms with Gasteiger partial charge in [0.25, 0.3) is 0 Å². The molecule has 0 aromatic rings.